The number of ether oxygens (including phenoxy) is 1. The third-order valence-corrected chi connectivity index (χ3v) is 6.20. The molecule has 0 amide bonds. The van der Waals surface area contributed by atoms with Crippen LogP contribution in [0.15, 0.2) is 53.9 Å². The highest BCUT2D eigenvalue weighted by molar-refractivity contribution is 7.13. The third-order valence-electron chi connectivity index (χ3n) is 5.26. The third kappa shape index (κ3) is 4.44. The van der Waals surface area contributed by atoms with Crippen LogP contribution in [-0.2, 0) is 6.54 Å². The second kappa shape index (κ2) is 9.23. The molecule has 0 saturated carbocycles. The van der Waals surface area contributed by atoms with E-state index in [2.05, 4.69) is 27.3 Å². The molecule has 0 aliphatic carbocycles. The van der Waals surface area contributed by atoms with Crippen molar-refractivity contribution in [2.24, 2.45) is 0 Å². The van der Waals surface area contributed by atoms with Gasteiger partial charge >= 0.3 is 0 Å². The molecule has 1 fully saturated rings. The zero-order valence-corrected chi connectivity index (χ0v) is 17.7. The maximum Gasteiger partial charge on any atom is 0.296 e. The molecule has 0 N–H and O–H groups in total. The largest absolute Gasteiger partial charge is 0.494 e. The predicted octanol–water partition coefficient (Wildman–Crippen LogP) is 4.44. The van der Waals surface area contributed by atoms with E-state index < -0.39 is 0 Å². The molecule has 3 aromatic rings. The lowest BCUT2D eigenvalue weighted by Gasteiger charge is -2.24. The van der Waals surface area contributed by atoms with Crippen LogP contribution in [0.4, 0.5) is 11.4 Å². The summed E-state index contributed by atoms with van der Waals surface area (Å²) in [4.78, 5) is 20.5. The number of rotatable bonds is 6. The smallest absolute Gasteiger partial charge is 0.296 e. The number of anilines is 1. The topological polar surface area (TPSA) is 71.7 Å². The van der Waals surface area contributed by atoms with Crippen molar-refractivity contribution in [3.63, 3.8) is 0 Å². The minimum atomic E-state index is -0.332. The molecule has 1 aliphatic rings. The lowest BCUT2D eigenvalue weighted by Crippen LogP contribution is -2.31. The maximum absolute atomic E-state index is 11.5. The van der Waals surface area contributed by atoms with Crippen LogP contribution in [-0.4, -0.2) is 48.1 Å². The van der Waals surface area contributed by atoms with Crippen molar-refractivity contribution < 1.29 is 9.66 Å². The van der Waals surface area contributed by atoms with Gasteiger partial charge in [0.05, 0.1) is 17.7 Å². The van der Waals surface area contributed by atoms with Crippen LogP contribution in [0.2, 0.25) is 0 Å². The van der Waals surface area contributed by atoms with Crippen molar-refractivity contribution in [1.82, 2.24) is 9.88 Å². The van der Waals surface area contributed by atoms with Gasteiger partial charge < -0.3 is 9.64 Å². The van der Waals surface area contributed by atoms with Crippen molar-refractivity contribution in [3.8, 4) is 16.3 Å². The van der Waals surface area contributed by atoms with Crippen molar-refractivity contribution in [1.29, 1.82) is 0 Å². The quantitative estimate of drug-likeness (QED) is 0.430. The molecule has 0 radical (unpaired) electrons. The fraction of sp³-hybridized carbons (Fsp3) is 0.318. The average Bonchev–Trinajstić information content (AvgIpc) is 3.12. The van der Waals surface area contributed by atoms with Crippen LogP contribution in [0.25, 0.3) is 10.6 Å². The van der Waals surface area contributed by atoms with Gasteiger partial charge in [-0.25, -0.2) is 4.98 Å². The Labute approximate surface area is 179 Å². The number of hydrogen-bond acceptors (Lipinski definition) is 7. The first kappa shape index (κ1) is 20.3. The number of para-hydroxylation sites is 1. The summed E-state index contributed by atoms with van der Waals surface area (Å²) in [7, 11) is 1.55. The van der Waals surface area contributed by atoms with Crippen molar-refractivity contribution in [2.75, 3.05) is 38.2 Å². The molecular weight excluding hydrogens is 400 g/mol. The van der Waals surface area contributed by atoms with E-state index in [0.29, 0.717) is 18.0 Å². The van der Waals surface area contributed by atoms with Gasteiger partial charge in [-0.1, -0.05) is 36.4 Å². The SMILES string of the molecule is COc1cccc([N+](=O)[O-])c1N1CCCN(Cc2csc(-c3ccccc3)n2)CC1. The Bertz CT molecular complexity index is 1010. The highest BCUT2D eigenvalue weighted by Gasteiger charge is 2.26. The van der Waals surface area contributed by atoms with Gasteiger partial charge in [-0.2, -0.15) is 0 Å². The number of methoxy groups -OCH3 is 1. The molecule has 2 aromatic carbocycles. The van der Waals surface area contributed by atoms with Crippen molar-refractivity contribution in [3.05, 3.63) is 69.7 Å². The molecule has 0 unspecified atom stereocenters. The molecule has 1 aromatic heterocycles. The molecular formula is C22H24N4O3S. The normalized spacial score (nSPS) is 15.0. The molecule has 0 atom stereocenters. The van der Waals surface area contributed by atoms with E-state index in [4.69, 9.17) is 9.72 Å². The Morgan fingerprint density at radius 1 is 1.10 bits per heavy atom. The number of benzene rings is 2. The number of hydrogen-bond donors (Lipinski definition) is 0. The van der Waals surface area contributed by atoms with Gasteiger partial charge in [0, 0.05) is 49.7 Å². The standard InChI is InChI=1S/C22H24N4O3S/c1-29-20-10-5-9-19(26(27)28)21(20)25-12-6-11-24(13-14-25)15-18-16-30-22(23-18)17-7-3-2-4-8-17/h2-5,7-10,16H,6,11-15H2,1H3. The minimum Gasteiger partial charge on any atom is -0.494 e. The molecule has 156 valence electrons. The number of aromatic nitrogens is 1. The summed E-state index contributed by atoms with van der Waals surface area (Å²) in [6, 6.07) is 15.2. The Hall–Kier alpha value is -2.97. The molecule has 7 nitrogen and oxygen atoms in total. The van der Waals surface area contributed by atoms with Crippen LogP contribution >= 0.6 is 11.3 Å². The first-order chi connectivity index (χ1) is 14.7. The Balaban J connectivity index is 1.46. The minimum absolute atomic E-state index is 0.0924. The number of nitrogens with zero attached hydrogens (tertiary/aromatic N) is 4. The summed E-state index contributed by atoms with van der Waals surface area (Å²) in [5, 5.41) is 14.7. The van der Waals surface area contributed by atoms with E-state index in [9.17, 15) is 10.1 Å². The molecule has 0 bridgehead atoms. The first-order valence-corrected chi connectivity index (χ1v) is 10.8. The Kier molecular flexibility index (Phi) is 6.25. The number of thiazole rings is 1. The van der Waals surface area contributed by atoms with E-state index in [0.717, 1.165) is 48.9 Å². The summed E-state index contributed by atoms with van der Waals surface area (Å²) in [6.45, 7) is 3.98. The molecule has 1 aliphatic heterocycles. The Morgan fingerprint density at radius 3 is 2.70 bits per heavy atom. The van der Waals surface area contributed by atoms with E-state index in [1.807, 2.05) is 18.2 Å². The zero-order valence-electron chi connectivity index (χ0n) is 16.9. The van der Waals surface area contributed by atoms with Crippen LogP contribution in [0.3, 0.4) is 0 Å². The van der Waals surface area contributed by atoms with Gasteiger partial charge in [0.1, 0.15) is 10.8 Å². The highest BCUT2D eigenvalue weighted by Crippen LogP contribution is 2.38. The molecule has 4 rings (SSSR count). The van der Waals surface area contributed by atoms with Gasteiger partial charge in [-0.15, -0.1) is 11.3 Å². The lowest BCUT2D eigenvalue weighted by molar-refractivity contribution is -0.384. The highest BCUT2D eigenvalue weighted by atomic mass is 32.1. The second-order valence-electron chi connectivity index (χ2n) is 7.21. The second-order valence-corrected chi connectivity index (χ2v) is 8.07. The van der Waals surface area contributed by atoms with Gasteiger partial charge in [0.15, 0.2) is 5.69 Å². The van der Waals surface area contributed by atoms with Gasteiger partial charge in [-0.05, 0) is 12.5 Å². The lowest BCUT2D eigenvalue weighted by atomic mass is 10.2. The summed E-state index contributed by atoms with van der Waals surface area (Å²) < 4.78 is 5.43. The molecule has 1 saturated heterocycles. The number of nitro groups is 1. The fourth-order valence-electron chi connectivity index (χ4n) is 3.82. The van der Waals surface area contributed by atoms with Crippen LogP contribution in [0, 0.1) is 10.1 Å². The molecule has 30 heavy (non-hydrogen) atoms. The fourth-order valence-corrected chi connectivity index (χ4v) is 4.63. The van der Waals surface area contributed by atoms with Gasteiger partial charge in [-0.3, -0.25) is 15.0 Å². The predicted molar refractivity (Wildman–Crippen MR) is 119 cm³/mol. The van der Waals surface area contributed by atoms with Crippen molar-refractivity contribution >= 4 is 22.7 Å². The summed E-state index contributed by atoms with van der Waals surface area (Å²) in [5.74, 6) is 0.546. The van der Waals surface area contributed by atoms with Crippen molar-refractivity contribution in [2.45, 2.75) is 13.0 Å². The van der Waals surface area contributed by atoms with E-state index in [1.165, 1.54) is 0 Å². The zero-order chi connectivity index (χ0) is 20.9. The monoisotopic (exact) mass is 424 g/mol. The van der Waals surface area contributed by atoms with Crippen LogP contribution in [0.5, 0.6) is 5.75 Å². The first-order valence-electron chi connectivity index (χ1n) is 9.94. The summed E-state index contributed by atoms with van der Waals surface area (Å²) in [6.07, 6.45) is 0.922. The Morgan fingerprint density at radius 2 is 1.93 bits per heavy atom. The molecule has 0 spiro atoms. The summed E-state index contributed by atoms with van der Waals surface area (Å²) >= 11 is 1.66. The van der Waals surface area contributed by atoms with Crippen LogP contribution < -0.4 is 9.64 Å². The number of nitro benzene ring substituents is 1. The van der Waals surface area contributed by atoms with Gasteiger partial charge in [0.25, 0.3) is 5.69 Å². The van der Waals surface area contributed by atoms with E-state index in [1.54, 1.807) is 36.6 Å². The molecule has 8 heteroatoms. The summed E-state index contributed by atoms with van der Waals surface area (Å²) in [5.41, 5.74) is 2.87. The van der Waals surface area contributed by atoms with E-state index >= 15 is 0 Å². The average molecular weight is 425 g/mol. The maximum atomic E-state index is 11.5. The molecule has 2 heterocycles. The van der Waals surface area contributed by atoms with Gasteiger partial charge in [0.2, 0.25) is 0 Å². The van der Waals surface area contributed by atoms with E-state index in [-0.39, 0.29) is 10.6 Å². The van der Waals surface area contributed by atoms with Crippen LogP contribution in [0.1, 0.15) is 12.1 Å².